The van der Waals surface area contributed by atoms with Gasteiger partial charge in [-0.15, -0.1) is 11.3 Å². The average molecular weight is 297 g/mol. The number of carbonyl (C=O) groups is 2. The summed E-state index contributed by atoms with van der Waals surface area (Å²) in [5.74, 6) is -0.310. The molecule has 0 aromatic carbocycles. The van der Waals surface area contributed by atoms with Crippen LogP contribution in [0, 0.1) is 6.92 Å². The number of carbonyl (C=O) groups excluding carboxylic acids is 2. The Kier molecular flexibility index (Phi) is 4.94. The summed E-state index contributed by atoms with van der Waals surface area (Å²) in [5.41, 5.74) is 0.353. The summed E-state index contributed by atoms with van der Waals surface area (Å²) in [7, 11) is 1.34. The van der Waals surface area contributed by atoms with E-state index in [1.54, 1.807) is 0 Å². The van der Waals surface area contributed by atoms with Crippen molar-refractivity contribution < 1.29 is 14.3 Å². The van der Waals surface area contributed by atoms with Gasteiger partial charge < -0.3 is 15.4 Å². The van der Waals surface area contributed by atoms with Crippen LogP contribution < -0.4 is 10.6 Å². The van der Waals surface area contributed by atoms with E-state index in [4.69, 9.17) is 0 Å². The Bertz CT molecular complexity index is 497. The molecule has 20 heavy (non-hydrogen) atoms. The summed E-state index contributed by atoms with van der Waals surface area (Å²) in [6.07, 6.45) is 3.47. The second kappa shape index (κ2) is 6.69. The van der Waals surface area contributed by atoms with E-state index >= 15 is 0 Å². The molecule has 1 fully saturated rings. The minimum atomic E-state index is -0.421. The molecule has 0 aliphatic heterocycles. The Morgan fingerprint density at radius 1 is 1.45 bits per heavy atom. The predicted molar refractivity (Wildman–Crippen MR) is 77.1 cm³/mol. The molecule has 7 heteroatoms. The minimum absolute atomic E-state index is 0.111. The van der Waals surface area contributed by atoms with Crippen LogP contribution >= 0.6 is 11.3 Å². The Morgan fingerprint density at radius 3 is 2.85 bits per heavy atom. The maximum absolute atomic E-state index is 11.5. The largest absolute Gasteiger partial charge is 0.464 e. The lowest BCUT2D eigenvalue weighted by molar-refractivity contribution is -0.121. The first-order valence-corrected chi connectivity index (χ1v) is 7.50. The fourth-order valence-electron chi connectivity index (χ4n) is 1.73. The Balaban J connectivity index is 1.70. The van der Waals surface area contributed by atoms with Crippen molar-refractivity contribution in [3.63, 3.8) is 0 Å². The monoisotopic (exact) mass is 297 g/mol. The van der Waals surface area contributed by atoms with E-state index in [0.29, 0.717) is 29.8 Å². The van der Waals surface area contributed by atoms with Gasteiger partial charge in [-0.25, -0.2) is 9.78 Å². The molecule has 6 nitrogen and oxygen atoms in total. The molecule has 2 rings (SSSR count). The zero-order chi connectivity index (χ0) is 14.5. The number of thiazole rings is 1. The Hall–Kier alpha value is -1.63. The molecule has 2 N–H and O–H groups in total. The highest BCUT2D eigenvalue weighted by Crippen LogP contribution is 2.22. The van der Waals surface area contributed by atoms with Gasteiger partial charge in [-0.05, 0) is 26.2 Å². The van der Waals surface area contributed by atoms with E-state index in [0.717, 1.165) is 24.1 Å². The summed E-state index contributed by atoms with van der Waals surface area (Å²) in [6, 6.07) is 0.416. The highest BCUT2D eigenvalue weighted by molar-refractivity contribution is 7.15. The number of nitrogens with one attached hydrogen (secondary N) is 2. The van der Waals surface area contributed by atoms with E-state index in [9.17, 15) is 9.59 Å². The highest BCUT2D eigenvalue weighted by atomic mass is 32.1. The smallest absolute Gasteiger partial charge is 0.357 e. The van der Waals surface area contributed by atoms with Gasteiger partial charge in [0, 0.05) is 23.9 Å². The second-order valence-electron chi connectivity index (χ2n) is 4.79. The van der Waals surface area contributed by atoms with Crippen LogP contribution in [0.2, 0.25) is 0 Å². The Morgan fingerprint density at radius 2 is 2.20 bits per heavy atom. The molecule has 1 aliphatic rings. The third-order valence-electron chi connectivity index (χ3n) is 2.97. The first-order chi connectivity index (χ1) is 9.60. The summed E-state index contributed by atoms with van der Waals surface area (Å²) in [6.45, 7) is 2.49. The van der Waals surface area contributed by atoms with Crippen LogP contribution in [0.25, 0.3) is 0 Å². The number of ether oxygens (including phenoxy) is 1. The van der Waals surface area contributed by atoms with Gasteiger partial charge in [0.15, 0.2) is 10.8 Å². The number of methoxy groups -OCH3 is 1. The molecule has 0 spiro atoms. The highest BCUT2D eigenvalue weighted by Gasteiger charge is 2.22. The second-order valence-corrected chi connectivity index (χ2v) is 5.99. The molecule has 1 saturated carbocycles. The molecule has 1 aromatic rings. The molecular formula is C13H19N3O3S. The number of aryl methyl sites for hydroxylation is 1. The third-order valence-corrected chi connectivity index (χ3v) is 3.90. The van der Waals surface area contributed by atoms with Crippen molar-refractivity contribution in [2.75, 3.05) is 19.0 Å². The molecule has 1 heterocycles. The number of hydrogen-bond acceptors (Lipinski definition) is 6. The van der Waals surface area contributed by atoms with Gasteiger partial charge in [0.1, 0.15) is 0 Å². The van der Waals surface area contributed by atoms with Crippen LogP contribution in [-0.2, 0) is 9.53 Å². The van der Waals surface area contributed by atoms with Crippen LogP contribution in [0.3, 0.4) is 0 Å². The zero-order valence-corrected chi connectivity index (χ0v) is 12.5. The maximum atomic E-state index is 11.5. The quantitative estimate of drug-likeness (QED) is 0.591. The molecular weight excluding hydrogens is 278 g/mol. The molecule has 0 saturated heterocycles. The van der Waals surface area contributed by atoms with Crippen molar-refractivity contribution in [1.82, 2.24) is 10.3 Å². The van der Waals surface area contributed by atoms with Crippen LogP contribution in [0.1, 0.15) is 41.0 Å². The van der Waals surface area contributed by atoms with E-state index < -0.39 is 5.97 Å². The molecule has 0 bridgehead atoms. The first-order valence-electron chi connectivity index (χ1n) is 6.69. The fourth-order valence-corrected chi connectivity index (χ4v) is 2.56. The standard InChI is InChI=1S/C13H19N3O3S/c1-8-11(12(18)19-2)16-13(20-8)14-7-3-4-10(17)15-9-5-6-9/h9H,3-7H2,1-2H3,(H,14,16)(H,15,17). The fraction of sp³-hybridized carbons (Fsp3) is 0.615. The molecule has 1 aliphatic carbocycles. The number of rotatable bonds is 7. The Labute approximate surface area is 121 Å². The SMILES string of the molecule is COC(=O)c1nc(NCCCC(=O)NC2CC2)sc1C. The van der Waals surface area contributed by atoms with E-state index in [-0.39, 0.29) is 5.91 Å². The van der Waals surface area contributed by atoms with Gasteiger partial charge >= 0.3 is 5.97 Å². The van der Waals surface area contributed by atoms with Crippen molar-refractivity contribution in [2.45, 2.75) is 38.6 Å². The molecule has 0 unspecified atom stereocenters. The number of esters is 1. The van der Waals surface area contributed by atoms with Gasteiger partial charge in [-0.2, -0.15) is 0 Å². The lowest BCUT2D eigenvalue weighted by Crippen LogP contribution is -2.25. The van der Waals surface area contributed by atoms with Crippen LogP contribution in [0.4, 0.5) is 5.13 Å². The van der Waals surface area contributed by atoms with E-state index in [1.807, 2.05) is 6.92 Å². The summed E-state index contributed by atoms with van der Waals surface area (Å²) in [4.78, 5) is 27.9. The van der Waals surface area contributed by atoms with Crippen LogP contribution in [-0.4, -0.2) is 36.6 Å². The van der Waals surface area contributed by atoms with Crippen molar-refractivity contribution >= 4 is 28.3 Å². The average Bonchev–Trinajstić information content (AvgIpc) is 3.15. The van der Waals surface area contributed by atoms with E-state index in [1.165, 1.54) is 18.4 Å². The number of anilines is 1. The number of hydrogen-bond donors (Lipinski definition) is 2. The first kappa shape index (κ1) is 14.8. The third kappa shape index (κ3) is 4.19. The number of nitrogens with zero attached hydrogens (tertiary/aromatic N) is 1. The van der Waals surface area contributed by atoms with Crippen molar-refractivity contribution in [3.05, 3.63) is 10.6 Å². The van der Waals surface area contributed by atoms with Gasteiger partial charge in [0.25, 0.3) is 0 Å². The van der Waals surface area contributed by atoms with Crippen LogP contribution in [0.15, 0.2) is 0 Å². The molecule has 0 radical (unpaired) electrons. The zero-order valence-electron chi connectivity index (χ0n) is 11.7. The summed E-state index contributed by atoms with van der Waals surface area (Å²) in [5, 5.41) is 6.76. The summed E-state index contributed by atoms with van der Waals surface area (Å²) >= 11 is 1.41. The normalized spacial score (nSPS) is 13.9. The van der Waals surface area contributed by atoms with Gasteiger partial charge in [0.2, 0.25) is 5.91 Å². The molecule has 1 aromatic heterocycles. The van der Waals surface area contributed by atoms with Gasteiger partial charge in [-0.1, -0.05) is 0 Å². The minimum Gasteiger partial charge on any atom is -0.464 e. The van der Waals surface area contributed by atoms with Crippen LogP contribution in [0.5, 0.6) is 0 Å². The predicted octanol–water partition coefficient (Wildman–Crippen LogP) is 1.71. The molecule has 110 valence electrons. The lowest BCUT2D eigenvalue weighted by Gasteiger charge is -2.03. The summed E-state index contributed by atoms with van der Waals surface area (Å²) < 4.78 is 4.65. The number of amides is 1. The van der Waals surface area contributed by atoms with Gasteiger partial charge in [0.05, 0.1) is 7.11 Å². The molecule has 0 atom stereocenters. The van der Waals surface area contributed by atoms with Gasteiger partial charge in [-0.3, -0.25) is 4.79 Å². The maximum Gasteiger partial charge on any atom is 0.357 e. The van der Waals surface area contributed by atoms with E-state index in [2.05, 4.69) is 20.4 Å². The van der Waals surface area contributed by atoms with Crippen molar-refractivity contribution in [2.24, 2.45) is 0 Å². The topological polar surface area (TPSA) is 80.3 Å². The van der Waals surface area contributed by atoms with Crippen molar-refractivity contribution in [1.29, 1.82) is 0 Å². The molecule has 1 amide bonds. The van der Waals surface area contributed by atoms with Crippen molar-refractivity contribution in [3.8, 4) is 0 Å². The number of aromatic nitrogens is 1. The lowest BCUT2D eigenvalue weighted by atomic mass is 10.3.